The lowest BCUT2D eigenvalue weighted by Crippen LogP contribution is -1.76. The molecule has 0 N–H and O–H groups in total. The summed E-state index contributed by atoms with van der Waals surface area (Å²) in [6.45, 7) is 0. The molecule has 0 spiro atoms. The van der Waals surface area contributed by atoms with E-state index >= 15 is 0 Å². The van der Waals surface area contributed by atoms with Gasteiger partial charge in [0.25, 0.3) is 0 Å². The van der Waals surface area contributed by atoms with E-state index in [0.29, 0.717) is 0 Å². The molecule has 0 aliphatic rings. The Hall–Kier alpha value is -1.32. The Bertz CT molecular complexity index is 656. The van der Waals surface area contributed by atoms with E-state index in [2.05, 4.69) is 31.9 Å². The van der Waals surface area contributed by atoms with E-state index in [1.807, 2.05) is 60.7 Å². The van der Waals surface area contributed by atoms with Crippen LogP contribution in [0.3, 0.4) is 0 Å². The summed E-state index contributed by atoms with van der Waals surface area (Å²) in [5, 5.41) is 0. The highest BCUT2D eigenvalue weighted by atomic mass is 79.9. The molecule has 0 radical (unpaired) electrons. The Morgan fingerprint density at radius 3 is 1.42 bits per heavy atom. The third-order valence-corrected chi connectivity index (χ3v) is 4.27. The van der Waals surface area contributed by atoms with E-state index in [1.54, 1.807) is 0 Å². The first-order chi connectivity index (χ1) is 9.25. The summed E-state index contributed by atoms with van der Waals surface area (Å²) in [5.74, 6) is 1.72. The Balaban J connectivity index is 2.06. The molecule has 0 bridgehead atoms. The van der Waals surface area contributed by atoms with Gasteiger partial charge in [0.1, 0.15) is 11.5 Å². The summed E-state index contributed by atoms with van der Waals surface area (Å²) in [5.41, 5.74) is 2.11. The first-order valence-corrected chi connectivity index (χ1v) is 7.44. The second-order valence-corrected chi connectivity index (χ2v) is 5.83. The minimum absolute atomic E-state index is 0.859. The summed E-state index contributed by atoms with van der Waals surface area (Å²) in [7, 11) is 0. The molecular formula is C16H10Br2O. The van der Waals surface area contributed by atoms with E-state index in [9.17, 15) is 0 Å². The molecule has 1 heterocycles. The molecule has 2 aromatic carbocycles. The van der Waals surface area contributed by atoms with Gasteiger partial charge in [-0.15, -0.1) is 0 Å². The molecule has 19 heavy (non-hydrogen) atoms. The molecule has 0 saturated heterocycles. The number of hydrogen-bond acceptors (Lipinski definition) is 1. The van der Waals surface area contributed by atoms with Crippen LogP contribution in [0.5, 0.6) is 0 Å². The van der Waals surface area contributed by atoms with Gasteiger partial charge < -0.3 is 4.42 Å². The van der Waals surface area contributed by atoms with Crippen molar-refractivity contribution in [3.8, 4) is 22.6 Å². The highest BCUT2D eigenvalue weighted by Gasteiger charge is 2.10. The zero-order valence-electron chi connectivity index (χ0n) is 9.94. The molecule has 0 aliphatic carbocycles. The number of rotatable bonds is 2. The largest absolute Gasteiger partial charge is 0.456 e. The Labute approximate surface area is 128 Å². The highest BCUT2D eigenvalue weighted by Crippen LogP contribution is 2.35. The highest BCUT2D eigenvalue weighted by molar-refractivity contribution is 9.11. The monoisotopic (exact) mass is 376 g/mol. The van der Waals surface area contributed by atoms with Gasteiger partial charge in [-0.3, -0.25) is 0 Å². The lowest BCUT2D eigenvalue weighted by molar-refractivity contribution is 0.597. The van der Waals surface area contributed by atoms with Crippen molar-refractivity contribution in [1.29, 1.82) is 0 Å². The van der Waals surface area contributed by atoms with E-state index in [4.69, 9.17) is 4.42 Å². The number of furan rings is 1. The maximum Gasteiger partial charge on any atom is 0.135 e. The molecule has 1 nitrogen and oxygen atoms in total. The molecule has 0 unspecified atom stereocenters. The Morgan fingerprint density at radius 2 is 1.00 bits per heavy atom. The summed E-state index contributed by atoms with van der Waals surface area (Å²) in [6.07, 6.45) is 0. The van der Waals surface area contributed by atoms with Crippen LogP contribution < -0.4 is 0 Å². The van der Waals surface area contributed by atoms with Crippen molar-refractivity contribution in [2.45, 2.75) is 0 Å². The van der Waals surface area contributed by atoms with Gasteiger partial charge in [0.2, 0.25) is 0 Å². The van der Waals surface area contributed by atoms with Crippen molar-refractivity contribution in [2.24, 2.45) is 0 Å². The predicted molar refractivity (Wildman–Crippen MR) is 85.0 cm³/mol. The average molecular weight is 378 g/mol. The third kappa shape index (κ3) is 2.53. The zero-order chi connectivity index (χ0) is 13.2. The van der Waals surface area contributed by atoms with E-state index < -0.39 is 0 Å². The van der Waals surface area contributed by atoms with Gasteiger partial charge in [0.15, 0.2) is 0 Å². The third-order valence-electron chi connectivity index (χ3n) is 2.88. The molecule has 3 rings (SSSR count). The van der Waals surface area contributed by atoms with E-state index in [0.717, 1.165) is 31.6 Å². The van der Waals surface area contributed by atoms with Gasteiger partial charge in [-0.1, -0.05) is 68.3 Å². The minimum Gasteiger partial charge on any atom is -0.456 e. The zero-order valence-corrected chi connectivity index (χ0v) is 13.1. The predicted octanol–water partition coefficient (Wildman–Crippen LogP) is 6.14. The second-order valence-electron chi connectivity index (χ2n) is 4.12. The smallest absolute Gasteiger partial charge is 0.135 e. The molecule has 0 amide bonds. The average Bonchev–Trinajstić information content (AvgIpc) is 2.89. The SMILES string of the molecule is Brc1ccccc1-c1ccc(-c2ccccc2Br)o1. The van der Waals surface area contributed by atoms with Crippen molar-refractivity contribution in [3.05, 3.63) is 69.6 Å². The molecule has 1 aromatic heterocycles. The molecule has 3 aromatic rings. The fourth-order valence-corrected chi connectivity index (χ4v) is 2.91. The van der Waals surface area contributed by atoms with Crippen LogP contribution in [0.1, 0.15) is 0 Å². The van der Waals surface area contributed by atoms with E-state index in [1.165, 1.54) is 0 Å². The Morgan fingerprint density at radius 1 is 0.579 bits per heavy atom. The summed E-state index contributed by atoms with van der Waals surface area (Å²) in [4.78, 5) is 0. The lowest BCUT2D eigenvalue weighted by Gasteiger charge is -2.02. The van der Waals surface area contributed by atoms with Gasteiger partial charge in [-0.2, -0.15) is 0 Å². The van der Waals surface area contributed by atoms with Gasteiger partial charge in [-0.05, 0) is 24.3 Å². The molecule has 94 valence electrons. The first kappa shape index (κ1) is 12.7. The quantitative estimate of drug-likeness (QED) is 0.522. The molecule has 3 heteroatoms. The van der Waals surface area contributed by atoms with Crippen LogP contribution in [0, 0.1) is 0 Å². The van der Waals surface area contributed by atoms with Crippen molar-refractivity contribution in [2.75, 3.05) is 0 Å². The van der Waals surface area contributed by atoms with Crippen molar-refractivity contribution < 1.29 is 4.42 Å². The van der Waals surface area contributed by atoms with Crippen molar-refractivity contribution in [1.82, 2.24) is 0 Å². The van der Waals surface area contributed by atoms with Gasteiger partial charge in [0, 0.05) is 20.1 Å². The van der Waals surface area contributed by atoms with Gasteiger partial charge in [0.05, 0.1) is 0 Å². The minimum atomic E-state index is 0.859. The van der Waals surface area contributed by atoms with Crippen molar-refractivity contribution in [3.63, 3.8) is 0 Å². The molecule has 0 saturated carbocycles. The topological polar surface area (TPSA) is 13.1 Å². The van der Waals surface area contributed by atoms with Crippen LogP contribution in [0.4, 0.5) is 0 Å². The Kier molecular flexibility index (Phi) is 3.58. The standard InChI is InChI=1S/C16H10Br2O/c17-13-7-3-1-5-11(13)15-9-10-16(19-15)12-6-2-4-8-14(12)18/h1-10H. The summed E-state index contributed by atoms with van der Waals surface area (Å²) in [6, 6.07) is 20.1. The van der Waals surface area contributed by atoms with Gasteiger partial charge >= 0.3 is 0 Å². The fourth-order valence-electron chi connectivity index (χ4n) is 1.95. The molecule has 0 aliphatic heterocycles. The number of benzene rings is 2. The summed E-state index contributed by atoms with van der Waals surface area (Å²) >= 11 is 7.09. The number of hydrogen-bond donors (Lipinski definition) is 0. The first-order valence-electron chi connectivity index (χ1n) is 5.85. The van der Waals surface area contributed by atoms with Crippen LogP contribution in [-0.4, -0.2) is 0 Å². The van der Waals surface area contributed by atoms with Gasteiger partial charge in [-0.25, -0.2) is 0 Å². The van der Waals surface area contributed by atoms with Crippen LogP contribution in [-0.2, 0) is 0 Å². The van der Waals surface area contributed by atoms with Crippen molar-refractivity contribution >= 4 is 31.9 Å². The molecular weight excluding hydrogens is 368 g/mol. The van der Waals surface area contributed by atoms with Crippen LogP contribution in [0.25, 0.3) is 22.6 Å². The second kappa shape index (κ2) is 5.35. The molecule has 0 fully saturated rings. The maximum atomic E-state index is 5.96. The van der Waals surface area contributed by atoms with Crippen LogP contribution >= 0.6 is 31.9 Å². The van der Waals surface area contributed by atoms with E-state index in [-0.39, 0.29) is 0 Å². The summed E-state index contributed by atoms with van der Waals surface area (Å²) < 4.78 is 8.02. The van der Waals surface area contributed by atoms with Crippen LogP contribution in [0.15, 0.2) is 74.0 Å². The normalized spacial score (nSPS) is 10.6. The number of halogens is 2. The molecule has 0 atom stereocenters. The maximum absolute atomic E-state index is 5.96. The lowest BCUT2D eigenvalue weighted by atomic mass is 10.1. The fraction of sp³-hybridized carbons (Fsp3) is 0. The van der Waals surface area contributed by atoms with Crippen LogP contribution in [0.2, 0.25) is 0 Å².